The molecule has 0 fully saturated rings. The molecule has 0 aliphatic carbocycles. The molecule has 0 amide bonds. The molecule has 0 saturated heterocycles. The van der Waals surface area contributed by atoms with Gasteiger partial charge in [0.05, 0.1) is 24.1 Å². The first kappa shape index (κ1) is 14.7. The van der Waals surface area contributed by atoms with Crippen molar-refractivity contribution in [3.8, 4) is 5.75 Å². The number of fused-ring (bicyclic) bond motifs is 1. The van der Waals surface area contributed by atoms with E-state index < -0.39 is 10.0 Å². The van der Waals surface area contributed by atoms with Crippen LogP contribution in [0.1, 0.15) is 19.3 Å². The largest absolute Gasteiger partial charge is 0.492 e. The smallest absolute Gasteiger partial charge is 0.209 e. The van der Waals surface area contributed by atoms with E-state index in [0.717, 1.165) is 29.5 Å². The van der Waals surface area contributed by atoms with Crippen LogP contribution in [-0.2, 0) is 10.0 Å². The maximum Gasteiger partial charge on any atom is 0.209 e. The molecule has 0 bridgehead atoms. The zero-order chi connectivity index (χ0) is 14.4. The van der Waals surface area contributed by atoms with Crippen LogP contribution in [0.2, 0.25) is 0 Å². The van der Waals surface area contributed by atoms with Gasteiger partial charge in [0.2, 0.25) is 10.0 Å². The second-order valence-electron chi connectivity index (χ2n) is 4.64. The van der Waals surface area contributed by atoms with Crippen molar-refractivity contribution in [2.45, 2.75) is 19.3 Å². The number of rotatable bonds is 7. The Balaban J connectivity index is 1.76. The quantitative estimate of drug-likeness (QED) is 0.792. The fourth-order valence-electron chi connectivity index (χ4n) is 1.90. The number of ether oxygens (including phenoxy) is 1. The van der Waals surface area contributed by atoms with Gasteiger partial charge in [-0.1, -0.05) is 18.2 Å². The summed E-state index contributed by atoms with van der Waals surface area (Å²) in [6.45, 7) is 0.546. The van der Waals surface area contributed by atoms with Gasteiger partial charge in [-0.15, -0.1) is 0 Å². The SMILES string of the molecule is NS(=O)(=O)CCCCCOc1cnc2ccccc2c1. The van der Waals surface area contributed by atoms with Gasteiger partial charge in [0, 0.05) is 5.39 Å². The summed E-state index contributed by atoms with van der Waals surface area (Å²) in [4.78, 5) is 4.31. The van der Waals surface area contributed by atoms with E-state index in [1.807, 2.05) is 30.3 Å². The predicted octanol–water partition coefficient (Wildman–Crippen LogP) is 2.07. The molecule has 6 heteroatoms. The van der Waals surface area contributed by atoms with Crippen molar-refractivity contribution < 1.29 is 13.2 Å². The van der Waals surface area contributed by atoms with Gasteiger partial charge in [-0.05, 0) is 31.4 Å². The normalized spacial score (nSPS) is 11.7. The summed E-state index contributed by atoms with van der Waals surface area (Å²) in [7, 11) is -3.34. The van der Waals surface area contributed by atoms with Crippen LogP contribution < -0.4 is 9.88 Å². The number of sulfonamides is 1. The van der Waals surface area contributed by atoms with Crippen molar-refractivity contribution >= 4 is 20.9 Å². The molecule has 1 heterocycles. The number of unbranched alkanes of at least 4 members (excludes halogenated alkanes) is 2. The summed E-state index contributed by atoms with van der Waals surface area (Å²) in [6.07, 6.45) is 3.84. The van der Waals surface area contributed by atoms with E-state index in [9.17, 15) is 8.42 Å². The zero-order valence-corrected chi connectivity index (χ0v) is 12.0. The summed E-state index contributed by atoms with van der Waals surface area (Å²) in [5.41, 5.74) is 0.938. The highest BCUT2D eigenvalue weighted by molar-refractivity contribution is 7.89. The molecule has 2 rings (SSSR count). The van der Waals surface area contributed by atoms with Crippen LogP contribution in [0.4, 0.5) is 0 Å². The lowest BCUT2D eigenvalue weighted by Crippen LogP contribution is -2.16. The predicted molar refractivity (Wildman–Crippen MR) is 79.1 cm³/mol. The third-order valence-electron chi connectivity index (χ3n) is 2.91. The van der Waals surface area contributed by atoms with Crippen LogP contribution in [0.15, 0.2) is 36.5 Å². The molecule has 1 aromatic heterocycles. The topological polar surface area (TPSA) is 82.3 Å². The first-order valence-corrected chi connectivity index (χ1v) is 8.24. The van der Waals surface area contributed by atoms with Gasteiger partial charge in [-0.3, -0.25) is 4.98 Å². The van der Waals surface area contributed by atoms with Gasteiger partial charge < -0.3 is 4.74 Å². The van der Waals surface area contributed by atoms with Crippen LogP contribution >= 0.6 is 0 Å². The van der Waals surface area contributed by atoms with Gasteiger partial charge in [-0.25, -0.2) is 13.6 Å². The molecule has 0 unspecified atom stereocenters. The zero-order valence-electron chi connectivity index (χ0n) is 11.2. The molecular weight excluding hydrogens is 276 g/mol. The number of benzene rings is 1. The van der Waals surface area contributed by atoms with E-state index in [0.29, 0.717) is 13.0 Å². The lowest BCUT2D eigenvalue weighted by atomic mass is 10.2. The van der Waals surface area contributed by atoms with Gasteiger partial charge in [0.1, 0.15) is 5.75 Å². The number of hydrogen-bond acceptors (Lipinski definition) is 4. The van der Waals surface area contributed by atoms with Crippen LogP contribution in [0.3, 0.4) is 0 Å². The fraction of sp³-hybridized carbons (Fsp3) is 0.357. The van der Waals surface area contributed by atoms with Crippen molar-refractivity contribution in [2.75, 3.05) is 12.4 Å². The van der Waals surface area contributed by atoms with Crippen LogP contribution in [0.5, 0.6) is 5.75 Å². The van der Waals surface area contributed by atoms with E-state index in [2.05, 4.69) is 4.98 Å². The Kier molecular flexibility index (Phi) is 4.92. The molecule has 0 saturated carbocycles. The van der Waals surface area contributed by atoms with Crippen molar-refractivity contribution in [3.63, 3.8) is 0 Å². The van der Waals surface area contributed by atoms with E-state index in [4.69, 9.17) is 9.88 Å². The number of nitrogens with zero attached hydrogens (tertiary/aromatic N) is 1. The van der Waals surface area contributed by atoms with Crippen molar-refractivity contribution in [1.29, 1.82) is 0 Å². The highest BCUT2D eigenvalue weighted by atomic mass is 32.2. The second kappa shape index (κ2) is 6.67. The first-order chi connectivity index (χ1) is 9.54. The van der Waals surface area contributed by atoms with E-state index in [1.165, 1.54) is 0 Å². The Morgan fingerprint density at radius 3 is 2.75 bits per heavy atom. The molecule has 0 atom stereocenters. The molecule has 0 aliphatic heterocycles. The number of primary sulfonamides is 1. The number of para-hydroxylation sites is 1. The Hall–Kier alpha value is -1.66. The summed E-state index contributed by atoms with van der Waals surface area (Å²) in [5, 5.41) is 5.97. The maximum atomic E-state index is 10.7. The maximum absolute atomic E-state index is 10.7. The highest BCUT2D eigenvalue weighted by Gasteiger charge is 2.02. The number of hydrogen-bond donors (Lipinski definition) is 1. The molecule has 0 radical (unpaired) electrons. The molecular formula is C14H18N2O3S. The van der Waals surface area contributed by atoms with Crippen LogP contribution in [-0.4, -0.2) is 25.8 Å². The number of nitrogens with two attached hydrogens (primary N) is 1. The lowest BCUT2D eigenvalue weighted by molar-refractivity contribution is 0.305. The molecule has 20 heavy (non-hydrogen) atoms. The summed E-state index contributed by atoms with van der Waals surface area (Å²) >= 11 is 0. The van der Waals surface area contributed by atoms with E-state index in [1.54, 1.807) is 6.20 Å². The van der Waals surface area contributed by atoms with E-state index >= 15 is 0 Å². The third-order valence-corrected chi connectivity index (χ3v) is 3.77. The van der Waals surface area contributed by atoms with Crippen molar-refractivity contribution in [3.05, 3.63) is 36.5 Å². The summed E-state index contributed by atoms with van der Waals surface area (Å²) < 4.78 is 27.1. The standard InChI is InChI=1S/C14H18N2O3S/c15-20(17,18)9-5-1-4-8-19-13-10-12-6-2-3-7-14(12)16-11-13/h2-3,6-7,10-11H,1,4-5,8-9H2,(H2,15,17,18). The van der Waals surface area contributed by atoms with E-state index in [-0.39, 0.29) is 5.75 Å². The third kappa shape index (κ3) is 4.79. The summed E-state index contributed by atoms with van der Waals surface area (Å²) in [5.74, 6) is 0.764. The minimum absolute atomic E-state index is 0.0323. The van der Waals surface area contributed by atoms with Crippen molar-refractivity contribution in [1.82, 2.24) is 4.98 Å². The van der Waals surface area contributed by atoms with Gasteiger partial charge >= 0.3 is 0 Å². The Morgan fingerprint density at radius 2 is 1.95 bits per heavy atom. The van der Waals surface area contributed by atoms with Gasteiger partial charge in [-0.2, -0.15) is 0 Å². The monoisotopic (exact) mass is 294 g/mol. The second-order valence-corrected chi connectivity index (χ2v) is 6.37. The average Bonchev–Trinajstić information content (AvgIpc) is 2.41. The number of pyridine rings is 1. The first-order valence-electron chi connectivity index (χ1n) is 6.53. The molecule has 1 aromatic carbocycles. The van der Waals surface area contributed by atoms with Crippen molar-refractivity contribution in [2.24, 2.45) is 5.14 Å². The Labute approximate surface area is 118 Å². The Bertz CT molecular complexity index is 671. The minimum Gasteiger partial charge on any atom is -0.492 e. The average molecular weight is 294 g/mol. The minimum atomic E-state index is -3.34. The molecule has 5 nitrogen and oxygen atoms in total. The molecule has 2 N–H and O–H groups in total. The molecule has 108 valence electrons. The Morgan fingerprint density at radius 1 is 1.15 bits per heavy atom. The molecule has 0 spiro atoms. The van der Waals surface area contributed by atoms with Crippen LogP contribution in [0.25, 0.3) is 10.9 Å². The lowest BCUT2D eigenvalue weighted by Gasteiger charge is -2.06. The van der Waals surface area contributed by atoms with Crippen LogP contribution in [0, 0.1) is 0 Å². The molecule has 0 aliphatic rings. The highest BCUT2D eigenvalue weighted by Crippen LogP contribution is 2.18. The summed E-state index contributed by atoms with van der Waals surface area (Å²) in [6, 6.07) is 9.79. The number of aromatic nitrogens is 1. The fourth-order valence-corrected chi connectivity index (χ4v) is 2.51. The van der Waals surface area contributed by atoms with Gasteiger partial charge in [0.25, 0.3) is 0 Å². The molecule has 2 aromatic rings. The van der Waals surface area contributed by atoms with Gasteiger partial charge in [0.15, 0.2) is 0 Å².